The van der Waals surface area contributed by atoms with Gasteiger partial charge in [0, 0.05) is 11.1 Å². The summed E-state index contributed by atoms with van der Waals surface area (Å²) in [5.74, 6) is 1.17. The number of rotatable bonds is 7. The first-order chi connectivity index (χ1) is 12.4. The average molecular weight is 354 g/mol. The summed E-state index contributed by atoms with van der Waals surface area (Å²) < 4.78 is 15.9. The van der Waals surface area contributed by atoms with E-state index in [4.69, 9.17) is 14.2 Å². The topological polar surface area (TPSA) is 65.0 Å². The van der Waals surface area contributed by atoms with E-state index in [1.807, 2.05) is 0 Å². The van der Waals surface area contributed by atoms with Crippen molar-refractivity contribution in [2.24, 2.45) is 0 Å². The maximum Gasteiger partial charge on any atom is 0.203 e. The lowest BCUT2D eigenvalue weighted by atomic mass is 9.95. The number of carbonyl (C=O) groups excluding carboxylic acids is 1. The summed E-state index contributed by atoms with van der Waals surface area (Å²) in [4.78, 5) is 13.1. The van der Waals surface area contributed by atoms with Gasteiger partial charge < -0.3 is 19.3 Å². The Balaban J connectivity index is 2.53. The summed E-state index contributed by atoms with van der Waals surface area (Å²) >= 11 is 0. The molecule has 2 rings (SSSR count). The number of carbonyl (C=O) groups is 1. The van der Waals surface area contributed by atoms with Crippen LogP contribution in [0.5, 0.6) is 23.0 Å². The number of phenols is 1. The molecule has 2 aromatic carbocycles. The molecule has 0 saturated heterocycles. The molecule has 0 saturated carbocycles. The molecular formula is C21H22O5. The summed E-state index contributed by atoms with van der Waals surface area (Å²) in [6, 6.07) is 9.79. The maximum atomic E-state index is 13.1. The van der Waals surface area contributed by atoms with Crippen molar-refractivity contribution in [3.63, 3.8) is 0 Å². The molecule has 0 heterocycles. The molecule has 0 aliphatic rings. The minimum Gasteiger partial charge on any atom is -0.508 e. The minimum absolute atomic E-state index is 0.162. The highest BCUT2D eigenvalue weighted by Gasteiger charge is 2.20. The zero-order valence-electron chi connectivity index (χ0n) is 15.3. The third kappa shape index (κ3) is 4.06. The maximum absolute atomic E-state index is 13.1. The first kappa shape index (κ1) is 19.1. The number of allylic oxidation sites excluding steroid dienone is 2. The Bertz CT molecular complexity index is 822. The van der Waals surface area contributed by atoms with Gasteiger partial charge in [0.15, 0.2) is 17.3 Å². The molecule has 0 unspecified atom stereocenters. The number of Topliss-reactive ketones (excluding diaryl/α,β-unsaturated/α-hetero) is 1. The number of benzene rings is 2. The van der Waals surface area contributed by atoms with Crippen molar-refractivity contribution in [2.75, 3.05) is 21.3 Å². The normalized spacial score (nSPS) is 11.0. The average Bonchev–Trinajstić information content (AvgIpc) is 2.65. The smallest absolute Gasteiger partial charge is 0.203 e. The van der Waals surface area contributed by atoms with Gasteiger partial charge >= 0.3 is 0 Å². The number of aromatic hydroxyl groups is 1. The fraction of sp³-hybridized carbons (Fsp3) is 0.190. The van der Waals surface area contributed by atoms with E-state index in [1.165, 1.54) is 21.3 Å². The SMILES string of the molecule is C=C(C)C(=Cc1ccc(O)cc1)C(=O)c1cc(OC)c(OC)c(OC)c1. The van der Waals surface area contributed by atoms with Crippen LogP contribution in [0.15, 0.2) is 54.1 Å². The van der Waals surface area contributed by atoms with Crippen LogP contribution < -0.4 is 14.2 Å². The van der Waals surface area contributed by atoms with Crippen molar-refractivity contribution in [3.8, 4) is 23.0 Å². The molecule has 0 radical (unpaired) electrons. The molecular weight excluding hydrogens is 332 g/mol. The molecule has 5 heteroatoms. The molecule has 0 aromatic heterocycles. The summed E-state index contributed by atoms with van der Waals surface area (Å²) in [5.41, 5.74) is 2.25. The summed E-state index contributed by atoms with van der Waals surface area (Å²) in [5, 5.41) is 9.41. The Kier molecular flexibility index (Phi) is 6.07. The molecule has 0 amide bonds. The predicted molar refractivity (Wildman–Crippen MR) is 101 cm³/mol. The Morgan fingerprint density at radius 1 is 1.00 bits per heavy atom. The van der Waals surface area contributed by atoms with E-state index in [2.05, 4.69) is 6.58 Å². The van der Waals surface area contributed by atoms with Gasteiger partial charge in [-0.05, 0) is 48.4 Å². The molecule has 0 aliphatic carbocycles. The standard InChI is InChI=1S/C21H22O5/c1-13(2)17(10-14-6-8-16(22)9-7-14)20(23)15-11-18(24-3)21(26-5)19(12-15)25-4/h6-12,22H,1H2,2-5H3. The predicted octanol–water partition coefficient (Wildman–Crippen LogP) is 4.26. The van der Waals surface area contributed by atoms with Crippen LogP contribution in [0.1, 0.15) is 22.8 Å². The van der Waals surface area contributed by atoms with Crippen LogP contribution in [-0.2, 0) is 0 Å². The Labute approximate surface area is 153 Å². The molecule has 26 heavy (non-hydrogen) atoms. The van der Waals surface area contributed by atoms with Crippen molar-refractivity contribution in [2.45, 2.75) is 6.92 Å². The Morgan fingerprint density at radius 2 is 1.54 bits per heavy atom. The van der Waals surface area contributed by atoms with Crippen molar-refractivity contribution >= 4 is 11.9 Å². The van der Waals surface area contributed by atoms with Crippen LogP contribution in [0.4, 0.5) is 0 Å². The van der Waals surface area contributed by atoms with Gasteiger partial charge in [-0.25, -0.2) is 0 Å². The van der Waals surface area contributed by atoms with Gasteiger partial charge in [0.25, 0.3) is 0 Å². The first-order valence-electron chi connectivity index (χ1n) is 7.92. The Hall–Kier alpha value is -3.21. The lowest BCUT2D eigenvalue weighted by Gasteiger charge is -2.14. The highest BCUT2D eigenvalue weighted by Crippen LogP contribution is 2.39. The van der Waals surface area contributed by atoms with Gasteiger partial charge in [0.1, 0.15) is 5.75 Å². The molecule has 0 atom stereocenters. The molecule has 5 nitrogen and oxygen atoms in total. The van der Waals surface area contributed by atoms with E-state index < -0.39 is 0 Å². The third-order valence-corrected chi connectivity index (χ3v) is 3.84. The van der Waals surface area contributed by atoms with Crippen molar-refractivity contribution in [1.82, 2.24) is 0 Å². The molecule has 0 fully saturated rings. The first-order valence-corrected chi connectivity index (χ1v) is 7.92. The van der Waals surface area contributed by atoms with E-state index in [-0.39, 0.29) is 11.5 Å². The van der Waals surface area contributed by atoms with Gasteiger partial charge in [-0.1, -0.05) is 18.7 Å². The molecule has 136 valence electrons. The van der Waals surface area contributed by atoms with E-state index in [1.54, 1.807) is 49.4 Å². The van der Waals surface area contributed by atoms with Crippen LogP contribution in [0.3, 0.4) is 0 Å². The fourth-order valence-corrected chi connectivity index (χ4v) is 2.49. The minimum atomic E-state index is -0.218. The monoisotopic (exact) mass is 354 g/mol. The second-order valence-corrected chi connectivity index (χ2v) is 5.67. The van der Waals surface area contributed by atoms with Crippen LogP contribution in [0, 0.1) is 0 Å². The molecule has 0 spiro atoms. The number of ketones is 1. The zero-order chi connectivity index (χ0) is 19.3. The molecule has 2 aromatic rings. The van der Waals surface area contributed by atoms with Crippen molar-refractivity contribution in [3.05, 3.63) is 65.3 Å². The quantitative estimate of drug-likeness (QED) is 0.457. The van der Waals surface area contributed by atoms with E-state index in [0.717, 1.165) is 5.56 Å². The molecule has 1 N–H and O–H groups in total. The van der Waals surface area contributed by atoms with Crippen molar-refractivity contribution < 1.29 is 24.1 Å². The van der Waals surface area contributed by atoms with Crippen LogP contribution in [0.25, 0.3) is 6.08 Å². The zero-order valence-corrected chi connectivity index (χ0v) is 15.3. The van der Waals surface area contributed by atoms with Crippen LogP contribution in [-0.4, -0.2) is 32.2 Å². The van der Waals surface area contributed by atoms with Gasteiger partial charge in [-0.3, -0.25) is 4.79 Å². The summed E-state index contributed by atoms with van der Waals surface area (Å²) in [6.45, 7) is 5.67. The number of hydrogen-bond acceptors (Lipinski definition) is 5. The molecule has 0 aliphatic heterocycles. The fourth-order valence-electron chi connectivity index (χ4n) is 2.49. The number of hydrogen-bond donors (Lipinski definition) is 1. The van der Waals surface area contributed by atoms with Crippen LogP contribution >= 0.6 is 0 Å². The number of ether oxygens (including phenoxy) is 3. The summed E-state index contributed by atoms with van der Waals surface area (Å²) in [7, 11) is 4.50. The van der Waals surface area contributed by atoms with E-state index in [9.17, 15) is 9.90 Å². The van der Waals surface area contributed by atoms with Crippen LogP contribution in [0.2, 0.25) is 0 Å². The third-order valence-electron chi connectivity index (χ3n) is 3.84. The largest absolute Gasteiger partial charge is 0.508 e. The summed E-state index contributed by atoms with van der Waals surface area (Å²) in [6.07, 6.45) is 1.73. The lowest BCUT2D eigenvalue weighted by Crippen LogP contribution is -2.06. The number of methoxy groups -OCH3 is 3. The molecule has 0 bridgehead atoms. The second-order valence-electron chi connectivity index (χ2n) is 5.67. The van der Waals surface area contributed by atoms with Gasteiger partial charge in [0.05, 0.1) is 21.3 Å². The Morgan fingerprint density at radius 3 is 1.96 bits per heavy atom. The van der Waals surface area contributed by atoms with Gasteiger partial charge in [0.2, 0.25) is 5.75 Å². The highest BCUT2D eigenvalue weighted by molar-refractivity contribution is 6.14. The highest BCUT2D eigenvalue weighted by atomic mass is 16.5. The van der Waals surface area contributed by atoms with E-state index >= 15 is 0 Å². The number of phenolic OH excluding ortho intramolecular Hbond substituents is 1. The van der Waals surface area contributed by atoms with Gasteiger partial charge in [-0.15, -0.1) is 0 Å². The lowest BCUT2D eigenvalue weighted by molar-refractivity contribution is 0.103. The van der Waals surface area contributed by atoms with E-state index in [0.29, 0.717) is 34.0 Å². The van der Waals surface area contributed by atoms with Gasteiger partial charge in [-0.2, -0.15) is 0 Å². The van der Waals surface area contributed by atoms with Crippen molar-refractivity contribution in [1.29, 1.82) is 0 Å². The second kappa shape index (κ2) is 8.25.